The first-order chi connectivity index (χ1) is 10.2. The van der Waals surface area contributed by atoms with Gasteiger partial charge >= 0.3 is 0 Å². The molecule has 1 aromatic heterocycles. The molecule has 0 aliphatic heterocycles. The highest BCUT2D eigenvalue weighted by molar-refractivity contribution is 9.10. The fourth-order valence-electron chi connectivity index (χ4n) is 2.06. The van der Waals surface area contributed by atoms with Crippen LogP contribution in [0.25, 0.3) is 10.9 Å². The zero-order valence-electron chi connectivity index (χ0n) is 10.8. The van der Waals surface area contributed by atoms with E-state index < -0.39 is 5.82 Å². The normalized spacial score (nSPS) is 10.3. The molecule has 0 amide bonds. The van der Waals surface area contributed by atoms with Gasteiger partial charge in [-0.1, -0.05) is 34.1 Å². The van der Waals surface area contributed by atoms with Gasteiger partial charge in [0, 0.05) is 9.86 Å². The fourth-order valence-corrected chi connectivity index (χ4v) is 2.39. The molecule has 3 rings (SSSR count). The molecule has 3 aromatic rings. The van der Waals surface area contributed by atoms with Crippen molar-refractivity contribution in [2.75, 3.05) is 5.32 Å². The molecule has 0 unspecified atom stereocenters. The monoisotopic (exact) mass is 341 g/mol. The SMILES string of the molecule is N#Cc1cc(Nc2ccc(Br)cc2F)nc2ccccc12. The van der Waals surface area contributed by atoms with Crippen molar-refractivity contribution in [2.24, 2.45) is 0 Å². The van der Waals surface area contributed by atoms with Gasteiger partial charge in [0.1, 0.15) is 11.6 Å². The van der Waals surface area contributed by atoms with Crippen molar-refractivity contribution in [3.8, 4) is 6.07 Å². The third-order valence-electron chi connectivity index (χ3n) is 3.03. The average molecular weight is 342 g/mol. The number of anilines is 2. The number of hydrogen-bond acceptors (Lipinski definition) is 3. The molecule has 0 saturated heterocycles. The van der Waals surface area contributed by atoms with Crippen LogP contribution in [0.5, 0.6) is 0 Å². The largest absolute Gasteiger partial charge is 0.338 e. The van der Waals surface area contributed by atoms with Gasteiger partial charge in [-0.2, -0.15) is 5.26 Å². The quantitative estimate of drug-likeness (QED) is 0.731. The molecule has 5 heteroatoms. The van der Waals surface area contributed by atoms with Gasteiger partial charge in [-0.3, -0.25) is 0 Å². The highest BCUT2D eigenvalue weighted by atomic mass is 79.9. The van der Waals surface area contributed by atoms with Crippen molar-refractivity contribution >= 4 is 38.3 Å². The van der Waals surface area contributed by atoms with Crippen LogP contribution in [0.4, 0.5) is 15.9 Å². The number of nitrogens with one attached hydrogen (secondary N) is 1. The van der Waals surface area contributed by atoms with Crippen LogP contribution in [-0.4, -0.2) is 4.98 Å². The summed E-state index contributed by atoms with van der Waals surface area (Å²) in [7, 11) is 0. The van der Waals surface area contributed by atoms with Gasteiger partial charge in [0.2, 0.25) is 0 Å². The Morgan fingerprint density at radius 1 is 1.14 bits per heavy atom. The third-order valence-corrected chi connectivity index (χ3v) is 3.52. The van der Waals surface area contributed by atoms with E-state index in [4.69, 9.17) is 0 Å². The molecular weight excluding hydrogens is 333 g/mol. The molecule has 0 fully saturated rings. The minimum absolute atomic E-state index is 0.310. The van der Waals surface area contributed by atoms with Crippen LogP contribution in [-0.2, 0) is 0 Å². The molecule has 1 N–H and O–H groups in total. The lowest BCUT2D eigenvalue weighted by Crippen LogP contribution is -1.98. The standard InChI is InChI=1S/C16H9BrFN3/c17-11-5-6-15(13(18)8-11)21-16-7-10(9-19)12-3-1-2-4-14(12)20-16/h1-8H,(H,20,21). The molecule has 2 aromatic carbocycles. The van der Waals surface area contributed by atoms with E-state index in [1.807, 2.05) is 24.3 Å². The van der Waals surface area contributed by atoms with Crippen LogP contribution in [0.2, 0.25) is 0 Å². The molecule has 3 nitrogen and oxygen atoms in total. The summed E-state index contributed by atoms with van der Waals surface area (Å²) in [5, 5.41) is 12.9. The molecule has 0 spiro atoms. The molecule has 0 aliphatic rings. The molecule has 102 valence electrons. The predicted molar refractivity (Wildman–Crippen MR) is 83.8 cm³/mol. The highest BCUT2D eigenvalue weighted by Crippen LogP contribution is 2.25. The predicted octanol–water partition coefficient (Wildman–Crippen LogP) is 4.75. The number of nitrogens with zero attached hydrogens (tertiary/aromatic N) is 2. The van der Waals surface area contributed by atoms with E-state index in [1.165, 1.54) is 6.07 Å². The lowest BCUT2D eigenvalue weighted by Gasteiger charge is -2.09. The van der Waals surface area contributed by atoms with Gasteiger partial charge in [-0.05, 0) is 30.3 Å². The van der Waals surface area contributed by atoms with Gasteiger partial charge in [0.15, 0.2) is 0 Å². The smallest absolute Gasteiger partial charge is 0.147 e. The Kier molecular flexibility index (Phi) is 3.55. The lowest BCUT2D eigenvalue weighted by atomic mass is 10.1. The summed E-state index contributed by atoms with van der Waals surface area (Å²) >= 11 is 3.21. The van der Waals surface area contributed by atoms with Crippen LogP contribution >= 0.6 is 15.9 Å². The fraction of sp³-hybridized carbons (Fsp3) is 0. The second-order valence-corrected chi connectivity index (χ2v) is 5.35. The Morgan fingerprint density at radius 3 is 2.71 bits per heavy atom. The van der Waals surface area contributed by atoms with Crippen molar-refractivity contribution in [1.82, 2.24) is 4.98 Å². The number of hydrogen-bond donors (Lipinski definition) is 1. The maximum Gasteiger partial charge on any atom is 0.147 e. The molecular formula is C16H9BrFN3. The Morgan fingerprint density at radius 2 is 1.95 bits per heavy atom. The van der Waals surface area contributed by atoms with Gasteiger partial charge in [-0.15, -0.1) is 0 Å². The van der Waals surface area contributed by atoms with E-state index >= 15 is 0 Å². The van der Waals surface area contributed by atoms with Crippen LogP contribution in [0.1, 0.15) is 5.56 Å². The van der Waals surface area contributed by atoms with Crippen molar-refractivity contribution < 1.29 is 4.39 Å². The Labute approximate surface area is 129 Å². The maximum absolute atomic E-state index is 13.8. The van der Waals surface area contributed by atoms with E-state index in [-0.39, 0.29) is 0 Å². The van der Waals surface area contributed by atoms with Crippen LogP contribution in [0, 0.1) is 17.1 Å². The molecule has 0 aliphatic carbocycles. The second-order valence-electron chi connectivity index (χ2n) is 4.43. The molecule has 0 radical (unpaired) electrons. The topological polar surface area (TPSA) is 48.7 Å². The first kappa shape index (κ1) is 13.5. The summed E-state index contributed by atoms with van der Waals surface area (Å²) in [5.74, 6) is 0.0457. The van der Waals surface area contributed by atoms with Crippen LogP contribution in [0.15, 0.2) is 53.0 Å². The van der Waals surface area contributed by atoms with E-state index in [2.05, 4.69) is 32.3 Å². The van der Waals surface area contributed by atoms with E-state index in [0.717, 1.165) is 5.39 Å². The Bertz CT molecular complexity index is 871. The number of nitriles is 1. The summed E-state index contributed by atoms with van der Waals surface area (Å²) < 4.78 is 14.5. The summed E-state index contributed by atoms with van der Waals surface area (Å²) in [6.45, 7) is 0. The minimum Gasteiger partial charge on any atom is -0.338 e. The third kappa shape index (κ3) is 2.71. The van der Waals surface area contributed by atoms with Crippen molar-refractivity contribution in [3.05, 3.63) is 64.4 Å². The molecule has 0 atom stereocenters. The van der Waals surface area contributed by atoms with Gasteiger partial charge in [0.05, 0.1) is 22.8 Å². The number of rotatable bonds is 2. The molecule has 0 saturated carbocycles. The number of halogens is 2. The van der Waals surface area contributed by atoms with Gasteiger partial charge in [0.25, 0.3) is 0 Å². The van der Waals surface area contributed by atoms with Crippen LogP contribution < -0.4 is 5.32 Å². The zero-order valence-corrected chi connectivity index (χ0v) is 12.4. The number of benzene rings is 2. The number of para-hydroxylation sites is 1. The summed E-state index contributed by atoms with van der Waals surface area (Å²) in [5.41, 5.74) is 1.50. The second kappa shape index (κ2) is 5.51. The summed E-state index contributed by atoms with van der Waals surface area (Å²) in [6.07, 6.45) is 0. The minimum atomic E-state index is -0.391. The zero-order chi connectivity index (χ0) is 14.8. The van der Waals surface area contributed by atoms with E-state index in [0.29, 0.717) is 27.1 Å². The first-order valence-electron chi connectivity index (χ1n) is 6.19. The van der Waals surface area contributed by atoms with Crippen molar-refractivity contribution in [3.63, 3.8) is 0 Å². The number of pyridine rings is 1. The highest BCUT2D eigenvalue weighted by Gasteiger charge is 2.08. The van der Waals surface area contributed by atoms with Crippen LogP contribution in [0.3, 0.4) is 0 Å². The average Bonchev–Trinajstić information content (AvgIpc) is 2.49. The first-order valence-corrected chi connectivity index (χ1v) is 6.98. The molecule has 1 heterocycles. The van der Waals surface area contributed by atoms with Gasteiger partial charge in [-0.25, -0.2) is 9.37 Å². The Balaban J connectivity index is 2.07. The van der Waals surface area contributed by atoms with E-state index in [9.17, 15) is 9.65 Å². The number of fused-ring (bicyclic) bond motifs is 1. The maximum atomic E-state index is 13.8. The van der Waals surface area contributed by atoms with E-state index in [1.54, 1.807) is 18.2 Å². The molecule has 21 heavy (non-hydrogen) atoms. The van der Waals surface area contributed by atoms with Crippen molar-refractivity contribution in [2.45, 2.75) is 0 Å². The lowest BCUT2D eigenvalue weighted by molar-refractivity contribution is 0.631. The van der Waals surface area contributed by atoms with Crippen molar-refractivity contribution in [1.29, 1.82) is 5.26 Å². The summed E-state index contributed by atoms with van der Waals surface area (Å²) in [6, 6.07) is 15.8. The Hall–Kier alpha value is -2.45. The molecule has 0 bridgehead atoms. The number of aromatic nitrogens is 1. The van der Waals surface area contributed by atoms with Gasteiger partial charge < -0.3 is 5.32 Å². The summed E-state index contributed by atoms with van der Waals surface area (Å²) in [4.78, 5) is 4.40.